The fraction of sp³-hybridized carbons (Fsp3) is 0.500. The summed E-state index contributed by atoms with van der Waals surface area (Å²) < 4.78 is 2.13. The van der Waals surface area contributed by atoms with Crippen molar-refractivity contribution in [3.63, 3.8) is 0 Å². The predicted molar refractivity (Wildman–Crippen MR) is 88.2 cm³/mol. The van der Waals surface area contributed by atoms with Gasteiger partial charge in [-0.15, -0.1) is 0 Å². The molecule has 0 spiro atoms. The van der Waals surface area contributed by atoms with Crippen LogP contribution >= 0.6 is 0 Å². The Labute approximate surface area is 128 Å². The van der Waals surface area contributed by atoms with Crippen molar-refractivity contribution in [1.29, 1.82) is 0 Å². The number of hydrogen-bond donors (Lipinski definition) is 1. The average Bonchev–Trinajstić information content (AvgIpc) is 2.97. The maximum atomic E-state index is 4.05. The first-order valence-electron chi connectivity index (χ1n) is 7.98. The van der Waals surface area contributed by atoms with Gasteiger partial charge in [-0.2, -0.15) is 0 Å². The molecule has 0 radical (unpaired) electrons. The largest absolute Gasteiger partial charge is 0.337 e. The van der Waals surface area contributed by atoms with Gasteiger partial charge in [0.25, 0.3) is 0 Å². The first-order chi connectivity index (χ1) is 10.2. The molecular formula is C18H27N3. The van der Waals surface area contributed by atoms with Gasteiger partial charge in [0, 0.05) is 25.5 Å². The number of unbranched alkanes of at least 4 members (excludes halogenated alkanes) is 1. The van der Waals surface area contributed by atoms with E-state index in [1.54, 1.807) is 0 Å². The van der Waals surface area contributed by atoms with E-state index in [9.17, 15) is 0 Å². The molecule has 0 unspecified atom stereocenters. The number of benzene rings is 1. The van der Waals surface area contributed by atoms with Crippen LogP contribution in [-0.2, 0) is 19.5 Å². The van der Waals surface area contributed by atoms with E-state index in [1.165, 1.54) is 30.4 Å². The Morgan fingerprint density at radius 1 is 1.10 bits per heavy atom. The second-order valence-electron chi connectivity index (χ2n) is 6.10. The summed E-state index contributed by atoms with van der Waals surface area (Å²) >= 11 is 0. The van der Waals surface area contributed by atoms with Gasteiger partial charge in [-0.25, -0.2) is 4.98 Å². The lowest BCUT2D eigenvalue weighted by Crippen LogP contribution is -2.15. The minimum atomic E-state index is 0.726. The smallest absolute Gasteiger partial charge is 0.0945 e. The lowest BCUT2D eigenvalue weighted by atomic mass is 10.0. The summed E-state index contributed by atoms with van der Waals surface area (Å²) in [7, 11) is 0. The first kappa shape index (κ1) is 15.8. The molecule has 3 nitrogen and oxygen atoms in total. The third kappa shape index (κ3) is 6.13. The van der Waals surface area contributed by atoms with E-state index in [0.29, 0.717) is 0 Å². The summed E-state index contributed by atoms with van der Waals surface area (Å²) in [4.78, 5) is 4.05. The van der Waals surface area contributed by atoms with Gasteiger partial charge in [0.1, 0.15) is 0 Å². The van der Waals surface area contributed by atoms with Crippen LogP contribution < -0.4 is 5.32 Å². The maximum absolute atomic E-state index is 4.05. The van der Waals surface area contributed by atoms with E-state index >= 15 is 0 Å². The minimum Gasteiger partial charge on any atom is -0.337 e. The molecule has 0 aliphatic carbocycles. The van der Waals surface area contributed by atoms with Crippen LogP contribution in [-0.4, -0.2) is 16.1 Å². The highest BCUT2D eigenvalue weighted by molar-refractivity contribution is 5.22. The minimum absolute atomic E-state index is 0.726. The Bertz CT molecular complexity index is 486. The standard InChI is InChI=1S/C18H27N3/c1-16(2)13-17-5-7-18(8-6-17)14-19-9-3-4-11-21-12-10-20-15-21/h5-8,10,12,15-16,19H,3-4,9,11,13-14H2,1-2H3. The van der Waals surface area contributed by atoms with Crippen LogP contribution in [0.15, 0.2) is 43.0 Å². The van der Waals surface area contributed by atoms with E-state index in [-0.39, 0.29) is 0 Å². The van der Waals surface area contributed by atoms with Gasteiger partial charge < -0.3 is 9.88 Å². The van der Waals surface area contributed by atoms with Crippen LogP contribution in [0.25, 0.3) is 0 Å². The molecule has 0 aliphatic rings. The summed E-state index contributed by atoms with van der Waals surface area (Å²) in [6.45, 7) is 7.62. The summed E-state index contributed by atoms with van der Waals surface area (Å²) in [6, 6.07) is 9.01. The lowest BCUT2D eigenvalue weighted by molar-refractivity contribution is 0.568. The normalized spacial score (nSPS) is 11.2. The molecular weight excluding hydrogens is 258 g/mol. The van der Waals surface area contributed by atoms with Gasteiger partial charge in [-0.1, -0.05) is 38.1 Å². The van der Waals surface area contributed by atoms with E-state index in [2.05, 4.69) is 53.0 Å². The second kappa shape index (κ2) is 8.63. The van der Waals surface area contributed by atoms with Gasteiger partial charge in [-0.05, 0) is 42.9 Å². The monoisotopic (exact) mass is 285 g/mol. The summed E-state index contributed by atoms with van der Waals surface area (Å²) in [5, 5.41) is 3.52. The van der Waals surface area contributed by atoms with Crippen LogP contribution in [0.4, 0.5) is 0 Å². The van der Waals surface area contributed by atoms with Gasteiger partial charge in [-0.3, -0.25) is 0 Å². The number of nitrogens with one attached hydrogen (secondary N) is 1. The molecule has 0 atom stereocenters. The molecule has 114 valence electrons. The van der Waals surface area contributed by atoms with Crippen molar-refractivity contribution in [3.8, 4) is 0 Å². The van der Waals surface area contributed by atoms with E-state index in [0.717, 1.165) is 25.6 Å². The highest BCUT2D eigenvalue weighted by Crippen LogP contribution is 2.09. The number of hydrogen-bond acceptors (Lipinski definition) is 2. The van der Waals surface area contributed by atoms with Crippen molar-refractivity contribution in [1.82, 2.24) is 14.9 Å². The van der Waals surface area contributed by atoms with E-state index in [4.69, 9.17) is 0 Å². The molecule has 1 N–H and O–H groups in total. The molecule has 0 bridgehead atoms. The third-order valence-electron chi connectivity index (χ3n) is 3.58. The molecule has 1 aromatic heterocycles. The zero-order chi connectivity index (χ0) is 14.9. The van der Waals surface area contributed by atoms with Crippen molar-refractivity contribution >= 4 is 0 Å². The maximum Gasteiger partial charge on any atom is 0.0945 e. The molecule has 1 heterocycles. The predicted octanol–water partition coefficient (Wildman–Crippen LogP) is 3.65. The van der Waals surface area contributed by atoms with Crippen LogP contribution in [0, 0.1) is 5.92 Å². The molecule has 0 saturated carbocycles. The molecule has 0 amide bonds. The van der Waals surface area contributed by atoms with Crippen LogP contribution in [0.1, 0.15) is 37.8 Å². The highest BCUT2D eigenvalue weighted by Gasteiger charge is 1.98. The number of rotatable bonds is 9. The Morgan fingerprint density at radius 3 is 2.52 bits per heavy atom. The van der Waals surface area contributed by atoms with Crippen LogP contribution in [0.2, 0.25) is 0 Å². The van der Waals surface area contributed by atoms with Crippen molar-refractivity contribution in [3.05, 3.63) is 54.1 Å². The lowest BCUT2D eigenvalue weighted by Gasteiger charge is -2.08. The molecule has 0 saturated heterocycles. The van der Waals surface area contributed by atoms with Gasteiger partial charge >= 0.3 is 0 Å². The average molecular weight is 285 g/mol. The topological polar surface area (TPSA) is 29.9 Å². The van der Waals surface area contributed by atoms with E-state index in [1.807, 2.05) is 18.7 Å². The molecule has 0 fully saturated rings. The summed E-state index contributed by atoms with van der Waals surface area (Å²) in [6.07, 6.45) is 9.29. The number of imidazole rings is 1. The summed E-state index contributed by atoms with van der Waals surface area (Å²) in [5.41, 5.74) is 2.81. The number of nitrogens with zero attached hydrogens (tertiary/aromatic N) is 2. The zero-order valence-electron chi connectivity index (χ0n) is 13.3. The molecule has 1 aromatic carbocycles. The quantitative estimate of drug-likeness (QED) is 0.713. The SMILES string of the molecule is CC(C)Cc1ccc(CNCCCCn2ccnc2)cc1. The Morgan fingerprint density at radius 2 is 1.86 bits per heavy atom. The molecule has 21 heavy (non-hydrogen) atoms. The van der Waals surface area contributed by atoms with Crippen molar-refractivity contribution in [2.24, 2.45) is 5.92 Å². The van der Waals surface area contributed by atoms with Gasteiger partial charge in [0.15, 0.2) is 0 Å². The molecule has 3 heteroatoms. The zero-order valence-corrected chi connectivity index (χ0v) is 13.3. The van der Waals surface area contributed by atoms with E-state index < -0.39 is 0 Å². The Kier molecular flexibility index (Phi) is 6.48. The number of aromatic nitrogens is 2. The molecule has 2 aromatic rings. The van der Waals surface area contributed by atoms with Crippen LogP contribution in [0.3, 0.4) is 0 Å². The van der Waals surface area contributed by atoms with Crippen molar-refractivity contribution in [2.45, 2.75) is 46.2 Å². The Hall–Kier alpha value is -1.61. The molecule has 0 aliphatic heterocycles. The summed E-state index contributed by atoms with van der Waals surface area (Å²) in [5.74, 6) is 0.726. The first-order valence-corrected chi connectivity index (χ1v) is 7.98. The van der Waals surface area contributed by atoms with Gasteiger partial charge in [0.05, 0.1) is 6.33 Å². The fourth-order valence-corrected chi connectivity index (χ4v) is 2.46. The van der Waals surface area contributed by atoms with Crippen LogP contribution in [0.5, 0.6) is 0 Å². The Balaban J connectivity index is 1.58. The molecule has 2 rings (SSSR count). The third-order valence-corrected chi connectivity index (χ3v) is 3.58. The number of aryl methyl sites for hydroxylation is 1. The second-order valence-corrected chi connectivity index (χ2v) is 6.10. The van der Waals surface area contributed by atoms with Crippen molar-refractivity contribution in [2.75, 3.05) is 6.54 Å². The van der Waals surface area contributed by atoms with Gasteiger partial charge in [0.2, 0.25) is 0 Å². The highest BCUT2D eigenvalue weighted by atomic mass is 15.0. The van der Waals surface area contributed by atoms with Crippen molar-refractivity contribution < 1.29 is 0 Å². The fourth-order valence-electron chi connectivity index (χ4n) is 2.46.